The number of alkyl halides is 3. The number of aliphatic hydroxyl groups excluding tert-OH is 2. The normalized spacial score (nSPS) is 13.4. The van der Waals surface area contributed by atoms with E-state index < -0.39 is 31.3 Å². The summed E-state index contributed by atoms with van der Waals surface area (Å²) < 4.78 is 35.0. The van der Waals surface area contributed by atoms with Crippen molar-refractivity contribution in [2.75, 3.05) is 19.8 Å². The molecule has 3 N–H and O–H groups in total. The zero-order chi connectivity index (χ0) is 10.5. The summed E-state index contributed by atoms with van der Waals surface area (Å²) in [5, 5.41) is 19.9. The molecule has 0 saturated carbocycles. The van der Waals surface area contributed by atoms with Crippen molar-refractivity contribution in [1.29, 1.82) is 0 Å². The van der Waals surface area contributed by atoms with Crippen LogP contribution in [0.1, 0.15) is 13.3 Å². The monoisotopic (exact) mass is 201 g/mol. The fourth-order valence-electron chi connectivity index (χ4n) is 0.668. The summed E-state index contributed by atoms with van der Waals surface area (Å²) in [6, 6.07) is 0. The Bertz CT molecular complexity index is 145. The Labute approximate surface area is 74.6 Å². The first-order valence-corrected chi connectivity index (χ1v) is 3.86. The van der Waals surface area contributed by atoms with Crippen LogP contribution in [0.15, 0.2) is 0 Å². The van der Waals surface area contributed by atoms with Gasteiger partial charge < -0.3 is 15.5 Å². The molecule has 0 bridgehead atoms. The maximum Gasteiger partial charge on any atom is 0.390 e. The van der Waals surface area contributed by atoms with E-state index in [1.54, 1.807) is 0 Å². The van der Waals surface area contributed by atoms with Crippen LogP contribution in [0.25, 0.3) is 0 Å². The highest BCUT2D eigenvalue weighted by molar-refractivity contribution is 4.81. The molecule has 6 heteroatoms. The summed E-state index contributed by atoms with van der Waals surface area (Å²) in [5.74, 6) is 0. The first-order chi connectivity index (χ1) is 5.83. The molecule has 3 nitrogen and oxygen atoms in total. The summed E-state index contributed by atoms with van der Waals surface area (Å²) in [5.41, 5.74) is -1.04. The third kappa shape index (κ3) is 5.84. The van der Waals surface area contributed by atoms with Crippen molar-refractivity contribution in [3.63, 3.8) is 0 Å². The number of hydrogen-bond donors (Lipinski definition) is 3. The molecule has 0 spiro atoms. The first-order valence-electron chi connectivity index (χ1n) is 3.86. The third-order valence-corrected chi connectivity index (χ3v) is 1.66. The number of nitrogens with one attached hydrogen (secondary N) is 1. The van der Waals surface area contributed by atoms with Crippen LogP contribution in [0, 0.1) is 0 Å². The van der Waals surface area contributed by atoms with Crippen LogP contribution in [0.5, 0.6) is 0 Å². The van der Waals surface area contributed by atoms with Gasteiger partial charge in [0.25, 0.3) is 0 Å². The van der Waals surface area contributed by atoms with Gasteiger partial charge in [-0.3, -0.25) is 0 Å². The number of halogens is 3. The zero-order valence-corrected chi connectivity index (χ0v) is 7.36. The second-order valence-corrected chi connectivity index (χ2v) is 3.17. The Morgan fingerprint density at radius 2 is 1.62 bits per heavy atom. The first kappa shape index (κ1) is 12.7. The number of rotatable bonds is 5. The van der Waals surface area contributed by atoms with Crippen molar-refractivity contribution < 1.29 is 23.4 Å². The summed E-state index contributed by atoms with van der Waals surface area (Å²) in [4.78, 5) is 0. The molecule has 0 atom stereocenters. The standard InChI is InChI=1S/C7H14F3NO2/c1-6(4-12,5-13)11-3-2-7(8,9)10/h11-13H,2-5H2,1H3. The summed E-state index contributed by atoms with van der Waals surface area (Å²) in [6.45, 7) is 0.340. The molecular formula is C7H14F3NO2. The van der Waals surface area contributed by atoms with E-state index in [0.717, 1.165) is 0 Å². The van der Waals surface area contributed by atoms with Gasteiger partial charge in [-0.05, 0) is 6.92 Å². The van der Waals surface area contributed by atoms with Crippen molar-refractivity contribution in [3.05, 3.63) is 0 Å². The minimum absolute atomic E-state index is 0.304. The van der Waals surface area contributed by atoms with Crippen LogP contribution < -0.4 is 5.32 Å². The summed E-state index contributed by atoms with van der Waals surface area (Å²) >= 11 is 0. The third-order valence-electron chi connectivity index (χ3n) is 1.66. The van der Waals surface area contributed by atoms with Gasteiger partial charge in [0, 0.05) is 6.54 Å². The molecule has 0 aromatic carbocycles. The van der Waals surface area contributed by atoms with E-state index in [9.17, 15) is 13.2 Å². The predicted molar refractivity (Wildman–Crippen MR) is 41.3 cm³/mol. The summed E-state index contributed by atoms with van der Waals surface area (Å²) in [7, 11) is 0. The fourth-order valence-corrected chi connectivity index (χ4v) is 0.668. The van der Waals surface area contributed by atoms with Crippen LogP contribution >= 0.6 is 0 Å². The van der Waals surface area contributed by atoms with E-state index in [2.05, 4.69) is 5.32 Å². The van der Waals surface area contributed by atoms with Crippen LogP contribution in [0.2, 0.25) is 0 Å². The average molecular weight is 201 g/mol. The van der Waals surface area contributed by atoms with Gasteiger partial charge in [0.1, 0.15) is 0 Å². The van der Waals surface area contributed by atoms with Gasteiger partial charge in [-0.1, -0.05) is 0 Å². The number of aliphatic hydroxyl groups is 2. The molecule has 0 unspecified atom stereocenters. The SMILES string of the molecule is CC(CO)(CO)NCCC(F)(F)F. The topological polar surface area (TPSA) is 52.5 Å². The Hall–Kier alpha value is -0.330. The maximum absolute atomic E-state index is 11.7. The maximum atomic E-state index is 11.7. The van der Waals surface area contributed by atoms with Gasteiger partial charge in [0.05, 0.1) is 25.2 Å². The molecule has 0 aliphatic carbocycles. The second kappa shape index (κ2) is 4.78. The minimum Gasteiger partial charge on any atom is -0.394 e. The van der Waals surface area contributed by atoms with E-state index in [-0.39, 0.29) is 6.54 Å². The highest BCUT2D eigenvalue weighted by Crippen LogP contribution is 2.18. The van der Waals surface area contributed by atoms with Crippen LogP contribution in [-0.2, 0) is 0 Å². The lowest BCUT2D eigenvalue weighted by molar-refractivity contribution is -0.134. The van der Waals surface area contributed by atoms with Crippen molar-refractivity contribution in [1.82, 2.24) is 5.32 Å². The van der Waals surface area contributed by atoms with Crippen molar-refractivity contribution >= 4 is 0 Å². The molecule has 0 rings (SSSR count). The Morgan fingerprint density at radius 3 is 1.92 bits per heavy atom. The van der Waals surface area contributed by atoms with Gasteiger partial charge in [0.2, 0.25) is 0 Å². The molecule has 0 saturated heterocycles. The van der Waals surface area contributed by atoms with Gasteiger partial charge in [0.15, 0.2) is 0 Å². The van der Waals surface area contributed by atoms with E-state index in [0.29, 0.717) is 0 Å². The predicted octanol–water partition coefficient (Wildman–Crippen LogP) is 0.272. The molecule has 80 valence electrons. The molecule has 13 heavy (non-hydrogen) atoms. The average Bonchev–Trinajstić information content (AvgIpc) is 2.02. The highest BCUT2D eigenvalue weighted by atomic mass is 19.4. The zero-order valence-electron chi connectivity index (χ0n) is 7.36. The lowest BCUT2D eigenvalue weighted by atomic mass is 10.1. The lowest BCUT2D eigenvalue weighted by Gasteiger charge is -2.26. The molecule has 0 fully saturated rings. The molecule has 0 aromatic heterocycles. The fraction of sp³-hybridized carbons (Fsp3) is 1.00. The van der Waals surface area contributed by atoms with Gasteiger partial charge >= 0.3 is 6.18 Å². The molecule has 0 radical (unpaired) electrons. The molecule has 0 aliphatic rings. The second-order valence-electron chi connectivity index (χ2n) is 3.17. The van der Waals surface area contributed by atoms with Crippen LogP contribution in [-0.4, -0.2) is 41.7 Å². The highest BCUT2D eigenvalue weighted by Gasteiger charge is 2.28. The molecule has 0 heterocycles. The molecular weight excluding hydrogens is 187 g/mol. The van der Waals surface area contributed by atoms with Gasteiger partial charge in [-0.25, -0.2) is 0 Å². The van der Waals surface area contributed by atoms with Crippen molar-refractivity contribution in [2.24, 2.45) is 0 Å². The van der Waals surface area contributed by atoms with E-state index in [1.165, 1.54) is 6.92 Å². The van der Waals surface area contributed by atoms with E-state index >= 15 is 0 Å². The Kier molecular flexibility index (Phi) is 4.66. The Morgan fingerprint density at radius 1 is 1.15 bits per heavy atom. The molecule has 0 aliphatic heterocycles. The van der Waals surface area contributed by atoms with Crippen molar-refractivity contribution in [2.45, 2.75) is 25.1 Å². The molecule has 0 aromatic rings. The largest absolute Gasteiger partial charge is 0.394 e. The minimum atomic E-state index is -4.21. The van der Waals surface area contributed by atoms with Crippen molar-refractivity contribution in [3.8, 4) is 0 Å². The van der Waals surface area contributed by atoms with E-state index in [1.807, 2.05) is 0 Å². The smallest absolute Gasteiger partial charge is 0.390 e. The van der Waals surface area contributed by atoms with Gasteiger partial charge in [-0.15, -0.1) is 0 Å². The lowest BCUT2D eigenvalue weighted by Crippen LogP contribution is -2.49. The molecule has 0 amide bonds. The summed E-state index contributed by atoms with van der Waals surface area (Å²) in [6.07, 6.45) is -5.18. The van der Waals surface area contributed by atoms with E-state index in [4.69, 9.17) is 10.2 Å². The van der Waals surface area contributed by atoms with Crippen LogP contribution in [0.3, 0.4) is 0 Å². The quantitative estimate of drug-likeness (QED) is 0.598. The van der Waals surface area contributed by atoms with Gasteiger partial charge in [-0.2, -0.15) is 13.2 Å². The number of hydrogen-bond acceptors (Lipinski definition) is 3. The Balaban J connectivity index is 3.74. The van der Waals surface area contributed by atoms with Crippen LogP contribution in [0.4, 0.5) is 13.2 Å².